The Labute approximate surface area is 123 Å². The first-order chi connectivity index (χ1) is 8.91. The molecular formula is C15H22BrFN2. The first kappa shape index (κ1) is 14.9. The second kappa shape index (κ2) is 5.90. The van der Waals surface area contributed by atoms with Gasteiger partial charge in [0.1, 0.15) is 5.82 Å². The summed E-state index contributed by atoms with van der Waals surface area (Å²) >= 11 is 3.52. The van der Waals surface area contributed by atoms with Crippen LogP contribution in [0.15, 0.2) is 22.7 Å². The largest absolute Gasteiger partial charge is 0.314 e. The molecule has 0 amide bonds. The van der Waals surface area contributed by atoms with Crippen LogP contribution in [0.1, 0.15) is 32.4 Å². The van der Waals surface area contributed by atoms with Crippen molar-refractivity contribution in [2.45, 2.75) is 26.8 Å². The zero-order valence-electron chi connectivity index (χ0n) is 11.8. The van der Waals surface area contributed by atoms with Crippen molar-refractivity contribution in [3.8, 4) is 0 Å². The molecule has 1 atom stereocenters. The van der Waals surface area contributed by atoms with E-state index in [0.717, 1.165) is 36.2 Å². The van der Waals surface area contributed by atoms with Gasteiger partial charge in [-0.2, -0.15) is 0 Å². The molecule has 1 aromatic rings. The van der Waals surface area contributed by atoms with Crippen molar-refractivity contribution >= 4 is 15.9 Å². The number of halogens is 2. The summed E-state index contributed by atoms with van der Waals surface area (Å²) < 4.78 is 15.2. The van der Waals surface area contributed by atoms with Gasteiger partial charge in [-0.1, -0.05) is 42.8 Å². The molecule has 1 fully saturated rings. The molecule has 2 rings (SSSR count). The van der Waals surface area contributed by atoms with Gasteiger partial charge in [-0.15, -0.1) is 0 Å². The molecule has 4 heteroatoms. The summed E-state index contributed by atoms with van der Waals surface area (Å²) in [5.74, 6) is -0.118. The first-order valence-electron chi connectivity index (χ1n) is 6.80. The first-order valence-corrected chi connectivity index (χ1v) is 7.59. The number of nitrogens with zero attached hydrogens (tertiary/aromatic N) is 1. The molecule has 0 spiro atoms. The summed E-state index contributed by atoms with van der Waals surface area (Å²) in [7, 11) is 0. The van der Waals surface area contributed by atoms with Crippen LogP contribution in [0, 0.1) is 11.2 Å². The number of rotatable bonds is 2. The lowest BCUT2D eigenvalue weighted by molar-refractivity contribution is 0.0829. The van der Waals surface area contributed by atoms with Crippen molar-refractivity contribution in [3.63, 3.8) is 0 Å². The smallest absolute Gasteiger partial charge is 0.129 e. The molecular weight excluding hydrogens is 307 g/mol. The number of hydrogen-bond acceptors (Lipinski definition) is 2. The molecule has 0 saturated carbocycles. The van der Waals surface area contributed by atoms with Gasteiger partial charge in [0.15, 0.2) is 0 Å². The van der Waals surface area contributed by atoms with Gasteiger partial charge < -0.3 is 5.32 Å². The van der Waals surface area contributed by atoms with Crippen LogP contribution in [0.4, 0.5) is 4.39 Å². The Morgan fingerprint density at radius 1 is 1.26 bits per heavy atom. The van der Waals surface area contributed by atoms with E-state index in [-0.39, 0.29) is 17.3 Å². The van der Waals surface area contributed by atoms with Crippen molar-refractivity contribution in [3.05, 3.63) is 34.1 Å². The van der Waals surface area contributed by atoms with Crippen LogP contribution in [0.3, 0.4) is 0 Å². The highest BCUT2D eigenvalue weighted by Crippen LogP contribution is 2.42. The van der Waals surface area contributed by atoms with E-state index in [1.165, 1.54) is 0 Å². The van der Waals surface area contributed by atoms with Crippen LogP contribution in [0.2, 0.25) is 0 Å². The zero-order valence-corrected chi connectivity index (χ0v) is 13.4. The molecule has 1 aromatic carbocycles. The predicted molar refractivity (Wildman–Crippen MR) is 80.7 cm³/mol. The van der Waals surface area contributed by atoms with Gasteiger partial charge in [0.25, 0.3) is 0 Å². The SMILES string of the molecule is CC(C)(C)[C@@H](c1c(F)cccc1Br)N1CCNCC1. The van der Waals surface area contributed by atoms with Crippen LogP contribution in [0.25, 0.3) is 0 Å². The second-order valence-electron chi connectivity index (χ2n) is 6.19. The van der Waals surface area contributed by atoms with Crippen LogP contribution >= 0.6 is 15.9 Å². The molecule has 1 N–H and O–H groups in total. The highest BCUT2D eigenvalue weighted by Gasteiger charge is 2.35. The summed E-state index contributed by atoms with van der Waals surface area (Å²) in [5.41, 5.74) is 0.777. The molecule has 0 bridgehead atoms. The second-order valence-corrected chi connectivity index (χ2v) is 7.04. The van der Waals surface area contributed by atoms with Gasteiger partial charge in [-0.25, -0.2) is 4.39 Å². The summed E-state index contributed by atoms with van der Waals surface area (Å²) in [4.78, 5) is 2.39. The molecule has 106 valence electrons. The van der Waals surface area contributed by atoms with Gasteiger partial charge in [0, 0.05) is 42.3 Å². The van der Waals surface area contributed by atoms with Gasteiger partial charge in [-0.3, -0.25) is 4.90 Å². The van der Waals surface area contributed by atoms with E-state index in [2.05, 4.69) is 46.9 Å². The maximum Gasteiger partial charge on any atom is 0.129 e. The standard InChI is InChI=1S/C15H22BrFN2/c1-15(2,3)14(19-9-7-18-8-10-19)13-11(16)5-4-6-12(13)17/h4-6,14,18H,7-10H2,1-3H3/t14-/m1/s1. The van der Waals surface area contributed by atoms with Crippen molar-refractivity contribution < 1.29 is 4.39 Å². The molecule has 1 aliphatic rings. The van der Waals surface area contributed by atoms with E-state index in [0.29, 0.717) is 0 Å². The zero-order chi connectivity index (χ0) is 14.0. The minimum atomic E-state index is -0.118. The van der Waals surface area contributed by atoms with Crippen LogP contribution in [-0.4, -0.2) is 31.1 Å². The molecule has 0 aromatic heterocycles. The third-order valence-electron chi connectivity index (χ3n) is 3.61. The molecule has 0 radical (unpaired) electrons. The van der Waals surface area contributed by atoms with E-state index in [4.69, 9.17) is 0 Å². The molecule has 1 saturated heterocycles. The fourth-order valence-electron chi connectivity index (χ4n) is 2.88. The minimum Gasteiger partial charge on any atom is -0.314 e. The quantitative estimate of drug-likeness (QED) is 0.892. The normalized spacial score (nSPS) is 19.4. The lowest BCUT2D eigenvalue weighted by Crippen LogP contribution is -2.48. The van der Waals surface area contributed by atoms with E-state index >= 15 is 0 Å². The van der Waals surface area contributed by atoms with E-state index in [1.54, 1.807) is 12.1 Å². The number of hydrogen-bond donors (Lipinski definition) is 1. The Kier molecular flexibility index (Phi) is 4.64. The maximum atomic E-state index is 14.3. The lowest BCUT2D eigenvalue weighted by Gasteiger charge is -2.43. The molecule has 19 heavy (non-hydrogen) atoms. The van der Waals surface area contributed by atoms with Gasteiger partial charge in [0.2, 0.25) is 0 Å². The predicted octanol–water partition coefficient (Wildman–Crippen LogP) is 3.58. The molecule has 0 unspecified atom stereocenters. The van der Waals surface area contributed by atoms with Crippen molar-refractivity contribution in [1.82, 2.24) is 10.2 Å². The van der Waals surface area contributed by atoms with Crippen LogP contribution in [0.5, 0.6) is 0 Å². The fourth-order valence-corrected chi connectivity index (χ4v) is 3.43. The number of benzene rings is 1. The molecule has 0 aliphatic carbocycles. The topological polar surface area (TPSA) is 15.3 Å². The van der Waals surface area contributed by atoms with Crippen molar-refractivity contribution in [1.29, 1.82) is 0 Å². The molecule has 2 nitrogen and oxygen atoms in total. The average Bonchev–Trinajstić information content (AvgIpc) is 2.33. The Morgan fingerprint density at radius 2 is 1.89 bits per heavy atom. The van der Waals surface area contributed by atoms with E-state index in [9.17, 15) is 4.39 Å². The number of piperazine rings is 1. The van der Waals surface area contributed by atoms with Gasteiger partial charge in [-0.05, 0) is 17.5 Å². The Morgan fingerprint density at radius 3 is 2.42 bits per heavy atom. The van der Waals surface area contributed by atoms with Crippen LogP contribution in [-0.2, 0) is 0 Å². The van der Waals surface area contributed by atoms with Crippen molar-refractivity contribution in [2.75, 3.05) is 26.2 Å². The fraction of sp³-hybridized carbons (Fsp3) is 0.600. The summed E-state index contributed by atoms with van der Waals surface area (Å²) in [5, 5.41) is 3.35. The number of nitrogens with one attached hydrogen (secondary N) is 1. The lowest BCUT2D eigenvalue weighted by atomic mass is 9.80. The third kappa shape index (κ3) is 3.36. The van der Waals surface area contributed by atoms with Gasteiger partial charge in [0.05, 0.1) is 0 Å². The maximum absolute atomic E-state index is 14.3. The highest BCUT2D eigenvalue weighted by molar-refractivity contribution is 9.10. The minimum absolute atomic E-state index is 0.0119. The highest BCUT2D eigenvalue weighted by atomic mass is 79.9. The van der Waals surface area contributed by atoms with Crippen molar-refractivity contribution in [2.24, 2.45) is 5.41 Å². The summed E-state index contributed by atoms with van der Waals surface area (Å²) in [6.07, 6.45) is 0. The average molecular weight is 329 g/mol. The Bertz CT molecular complexity index is 416. The van der Waals surface area contributed by atoms with E-state index in [1.807, 2.05) is 6.07 Å². The summed E-state index contributed by atoms with van der Waals surface area (Å²) in [6.45, 7) is 10.4. The Balaban J connectivity index is 2.43. The van der Waals surface area contributed by atoms with Gasteiger partial charge >= 0.3 is 0 Å². The van der Waals surface area contributed by atoms with E-state index < -0.39 is 0 Å². The van der Waals surface area contributed by atoms with Crippen LogP contribution < -0.4 is 5.32 Å². The molecule has 1 heterocycles. The molecule has 1 aliphatic heterocycles. The summed E-state index contributed by atoms with van der Waals surface area (Å²) in [6, 6.07) is 5.33. The Hall–Kier alpha value is -0.450. The third-order valence-corrected chi connectivity index (χ3v) is 4.30. The monoisotopic (exact) mass is 328 g/mol.